The molecule has 0 aliphatic carbocycles. The largest absolute Gasteiger partial charge is 0.463 e. The number of aromatic amines is 1. The van der Waals surface area contributed by atoms with E-state index < -0.39 is 0 Å². The fraction of sp³-hybridized carbons (Fsp3) is 0.182. The number of hydrogen-bond acceptors (Lipinski definition) is 5. The van der Waals surface area contributed by atoms with Crippen molar-refractivity contribution < 1.29 is 9.21 Å². The number of amides is 1. The summed E-state index contributed by atoms with van der Waals surface area (Å²) in [6.07, 6.45) is 2.11. The molecule has 1 amide bonds. The van der Waals surface area contributed by atoms with Gasteiger partial charge in [-0.15, -0.1) is 0 Å². The van der Waals surface area contributed by atoms with E-state index in [1.807, 2.05) is 26.0 Å². The Labute approximate surface area is 172 Å². The molecule has 4 rings (SSSR count). The van der Waals surface area contributed by atoms with E-state index in [0.29, 0.717) is 40.5 Å². The number of benzene rings is 1. The van der Waals surface area contributed by atoms with Gasteiger partial charge in [-0.3, -0.25) is 14.6 Å². The lowest BCUT2D eigenvalue weighted by Crippen LogP contribution is -2.22. The van der Waals surface area contributed by atoms with E-state index in [-0.39, 0.29) is 17.4 Å². The first kappa shape index (κ1) is 19.4. The zero-order chi connectivity index (χ0) is 21.3. The summed E-state index contributed by atoms with van der Waals surface area (Å²) in [5.41, 5.74) is 2.99. The molecule has 0 unspecified atom stereocenters. The number of furan rings is 1. The maximum Gasteiger partial charge on any atom is 0.256 e. The van der Waals surface area contributed by atoms with E-state index in [1.165, 1.54) is 4.68 Å². The lowest BCUT2D eigenvalue weighted by Gasteiger charge is -2.10. The molecule has 3 heterocycles. The van der Waals surface area contributed by atoms with Crippen LogP contribution >= 0.6 is 0 Å². The third kappa shape index (κ3) is 3.67. The maximum absolute atomic E-state index is 12.8. The first-order valence-corrected chi connectivity index (χ1v) is 9.58. The normalized spacial score (nSPS) is 10.9. The molecule has 0 aliphatic rings. The molecule has 0 bridgehead atoms. The van der Waals surface area contributed by atoms with E-state index in [4.69, 9.17) is 4.42 Å². The molecule has 3 aromatic heterocycles. The molecule has 30 heavy (non-hydrogen) atoms. The lowest BCUT2D eigenvalue weighted by molar-refractivity contribution is 0.102. The molecule has 152 valence electrons. The first-order chi connectivity index (χ1) is 14.5. The maximum atomic E-state index is 12.8. The van der Waals surface area contributed by atoms with Crippen LogP contribution in [0.25, 0.3) is 17.4 Å². The number of carbonyl (C=O) groups is 1. The van der Waals surface area contributed by atoms with Crippen LogP contribution in [0.5, 0.6) is 0 Å². The van der Waals surface area contributed by atoms with Gasteiger partial charge in [0.2, 0.25) is 5.95 Å². The zero-order valence-corrected chi connectivity index (χ0v) is 16.9. The smallest absolute Gasteiger partial charge is 0.256 e. The van der Waals surface area contributed by atoms with Gasteiger partial charge < -0.3 is 9.73 Å². The Bertz CT molecular complexity index is 1270. The van der Waals surface area contributed by atoms with Gasteiger partial charge in [-0.2, -0.15) is 9.78 Å². The van der Waals surface area contributed by atoms with Gasteiger partial charge in [0.1, 0.15) is 11.5 Å². The molecular formula is C22H21N5O3. The molecule has 0 fully saturated rings. The van der Waals surface area contributed by atoms with Crippen LogP contribution in [0, 0.1) is 13.8 Å². The molecule has 4 aromatic rings. The van der Waals surface area contributed by atoms with Crippen molar-refractivity contribution in [3.8, 4) is 17.4 Å². The molecule has 8 nitrogen and oxygen atoms in total. The predicted molar refractivity (Wildman–Crippen MR) is 113 cm³/mol. The van der Waals surface area contributed by atoms with E-state index in [9.17, 15) is 9.59 Å². The van der Waals surface area contributed by atoms with E-state index >= 15 is 0 Å². The quantitative estimate of drug-likeness (QED) is 0.529. The average Bonchev–Trinajstić information content (AvgIpc) is 3.37. The highest BCUT2D eigenvalue weighted by Crippen LogP contribution is 2.24. The molecule has 8 heteroatoms. The van der Waals surface area contributed by atoms with Crippen LogP contribution in [0.3, 0.4) is 0 Å². The van der Waals surface area contributed by atoms with Crippen molar-refractivity contribution in [3.05, 3.63) is 81.5 Å². The molecular weight excluding hydrogens is 382 g/mol. The van der Waals surface area contributed by atoms with Gasteiger partial charge in [0.05, 0.1) is 6.26 Å². The monoisotopic (exact) mass is 403 g/mol. The Morgan fingerprint density at radius 1 is 1.20 bits per heavy atom. The highest BCUT2D eigenvalue weighted by molar-refractivity contribution is 6.04. The number of aryl methyl sites for hydroxylation is 2. The van der Waals surface area contributed by atoms with Crippen LogP contribution in [0.1, 0.15) is 34.1 Å². The predicted octanol–water partition coefficient (Wildman–Crippen LogP) is 3.65. The summed E-state index contributed by atoms with van der Waals surface area (Å²) in [6, 6.07) is 12.5. The van der Waals surface area contributed by atoms with Gasteiger partial charge >= 0.3 is 0 Å². The van der Waals surface area contributed by atoms with Gasteiger partial charge in [-0.05, 0) is 44.5 Å². The van der Waals surface area contributed by atoms with E-state index in [1.54, 1.807) is 43.5 Å². The van der Waals surface area contributed by atoms with Crippen molar-refractivity contribution in [1.29, 1.82) is 0 Å². The average molecular weight is 403 g/mol. The molecule has 0 saturated carbocycles. The molecule has 0 aliphatic heterocycles. The summed E-state index contributed by atoms with van der Waals surface area (Å²) >= 11 is 0. The van der Waals surface area contributed by atoms with Crippen molar-refractivity contribution in [2.45, 2.75) is 27.2 Å². The summed E-state index contributed by atoms with van der Waals surface area (Å²) in [4.78, 5) is 32.5. The fourth-order valence-electron chi connectivity index (χ4n) is 3.26. The number of carbonyl (C=O) groups excluding carboxylic acids is 1. The summed E-state index contributed by atoms with van der Waals surface area (Å²) in [6.45, 7) is 5.59. The van der Waals surface area contributed by atoms with E-state index in [2.05, 4.69) is 20.4 Å². The number of H-pyrrole nitrogens is 1. The first-order valence-electron chi connectivity index (χ1n) is 9.58. The SMILES string of the molecule is CCc1c(C)nc(-n2nc(-c3ccco3)cc2NC(=O)c2cccc(C)c2)[nH]c1=O. The van der Waals surface area contributed by atoms with Crippen LogP contribution < -0.4 is 10.9 Å². The van der Waals surface area contributed by atoms with Gasteiger partial charge in [0, 0.05) is 22.9 Å². The highest BCUT2D eigenvalue weighted by atomic mass is 16.3. The minimum Gasteiger partial charge on any atom is -0.463 e. The zero-order valence-electron chi connectivity index (χ0n) is 16.9. The van der Waals surface area contributed by atoms with Crippen LogP contribution in [0.4, 0.5) is 5.82 Å². The molecule has 0 saturated heterocycles. The number of anilines is 1. The van der Waals surface area contributed by atoms with Crippen LogP contribution in [0.2, 0.25) is 0 Å². The summed E-state index contributed by atoms with van der Waals surface area (Å²) in [7, 11) is 0. The minimum absolute atomic E-state index is 0.215. The number of aromatic nitrogens is 4. The van der Waals surface area contributed by atoms with Crippen molar-refractivity contribution in [1.82, 2.24) is 19.7 Å². The summed E-state index contributed by atoms with van der Waals surface area (Å²) < 4.78 is 6.83. The Balaban J connectivity index is 1.80. The number of rotatable bonds is 5. The molecule has 2 N–H and O–H groups in total. The Kier molecular flexibility index (Phi) is 5.05. The third-order valence-corrected chi connectivity index (χ3v) is 4.77. The van der Waals surface area contributed by atoms with Crippen molar-refractivity contribution in [3.63, 3.8) is 0 Å². The molecule has 0 spiro atoms. The Morgan fingerprint density at radius 2 is 2.03 bits per heavy atom. The second-order valence-corrected chi connectivity index (χ2v) is 6.93. The fourth-order valence-corrected chi connectivity index (χ4v) is 3.26. The summed E-state index contributed by atoms with van der Waals surface area (Å²) in [5, 5.41) is 7.36. The molecule has 1 aromatic carbocycles. The van der Waals surface area contributed by atoms with Gasteiger partial charge in [-0.25, -0.2) is 4.98 Å². The topological polar surface area (TPSA) is 106 Å². The number of nitrogens with zero attached hydrogens (tertiary/aromatic N) is 3. The van der Waals surface area contributed by atoms with Crippen molar-refractivity contribution in [2.24, 2.45) is 0 Å². The van der Waals surface area contributed by atoms with Gasteiger partial charge in [-0.1, -0.05) is 24.6 Å². The van der Waals surface area contributed by atoms with Crippen molar-refractivity contribution >= 4 is 11.7 Å². The summed E-state index contributed by atoms with van der Waals surface area (Å²) in [5.74, 6) is 0.811. The third-order valence-electron chi connectivity index (χ3n) is 4.77. The molecule has 0 radical (unpaired) electrons. The Hall–Kier alpha value is -3.94. The number of hydrogen-bond donors (Lipinski definition) is 2. The molecule has 0 atom stereocenters. The van der Waals surface area contributed by atoms with E-state index in [0.717, 1.165) is 5.56 Å². The van der Waals surface area contributed by atoms with Crippen LogP contribution in [0.15, 0.2) is 57.9 Å². The number of nitrogens with one attached hydrogen (secondary N) is 2. The lowest BCUT2D eigenvalue weighted by atomic mass is 10.1. The highest BCUT2D eigenvalue weighted by Gasteiger charge is 2.18. The Morgan fingerprint density at radius 3 is 2.70 bits per heavy atom. The van der Waals surface area contributed by atoms with Crippen molar-refractivity contribution in [2.75, 3.05) is 5.32 Å². The van der Waals surface area contributed by atoms with Gasteiger partial charge in [0.15, 0.2) is 5.76 Å². The second kappa shape index (κ2) is 7.82. The van der Waals surface area contributed by atoms with Gasteiger partial charge in [0.25, 0.3) is 11.5 Å². The van der Waals surface area contributed by atoms with Crippen LogP contribution in [-0.2, 0) is 6.42 Å². The minimum atomic E-state index is -0.296. The van der Waals surface area contributed by atoms with Crippen LogP contribution in [-0.4, -0.2) is 25.7 Å². The standard InChI is InChI=1S/C22H21N5O3/c1-4-16-14(3)23-22(25-21(16)29)27-19(12-17(26-27)18-9-6-10-30-18)24-20(28)15-8-5-7-13(2)11-15/h5-12H,4H2,1-3H3,(H,24,28)(H,23,25,29). The second-order valence-electron chi connectivity index (χ2n) is 6.93.